The molecule has 0 aliphatic heterocycles. The summed E-state index contributed by atoms with van der Waals surface area (Å²) < 4.78 is 0. The van der Waals surface area contributed by atoms with E-state index in [-0.39, 0.29) is 0 Å². The fourth-order valence-corrected chi connectivity index (χ4v) is 2.13. The molecule has 2 aromatic carbocycles. The number of benzene rings is 2. The Morgan fingerprint density at radius 1 is 0.947 bits per heavy atom. The molecule has 0 radical (unpaired) electrons. The lowest BCUT2D eigenvalue weighted by Crippen LogP contribution is -1.88. The van der Waals surface area contributed by atoms with E-state index in [1.54, 1.807) is 0 Å². The molecule has 0 aliphatic carbocycles. The molecular weight excluding hydrogens is 235 g/mol. The van der Waals surface area contributed by atoms with Gasteiger partial charge in [-0.15, -0.1) is 10.2 Å². The zero-order valence-electron chi connectivity index (χ0n) is 10.7. The second-order valence-electron chi connectivity index (χ2n) is 4.33. The van der Waals surface area contributed by atoms with E-state index in [4.69, 9.17) is 0 Å². The molecule has 0 amide bonds. The maximum Gasteiger partial charge on any atom is 0.205 e. The molecule has 3 aromatic rings. The van der Waals surface area contributed by atoms with Crippen LogP contribution in [0.25, 0.3) is 22.5 Å². The van der Waals surface area contributed by atoms with Crippen LogP contribution in [0, 0.1) is 0 Å². The van der Waals surface area contributed by atoms with Crippen LogP contribution in [0.2, 0.25) is 0 Å². The molecular formula is C14H13BN4. The number of hydrogen-bond acceptors (Lipinski definition) is 3. The van der Waals surface area contributed by atoms with Crippen molar-refractivity contribution in [3.8, 4) is 22.5 Å². The van der Waals surface area contributed by atoms with Crippen molar-refractivity contribution in [3.63, 3.8) is 0 Å². The summed E-state index contributed by atoms with van der Waals surface area (Å²) >= 11 is 0. The average molecular weight is 248 g/mol. The Bertz CT molecular complexity index is 662. The van der Waals surface area contributed by atoms with Crippen molar-refractivity contribution in [1.82, 2.24) is 20.6 Å². The second kappa shape index (κ2) is 5.06. The third-order valence-electron chi connectivity index (χ3n) is 3.19. The van der Waals surface area contributed by atoms with Gasteiger partial charge in [-0.1, -0.05) is 60.4 Å². The predicted molar refractivity (Wildman–Crippen MR) is 77.3 cm³/mol. The number of H-pyrrole nitrogens is 1. The van der Waals surface area contributed by atoms with E-state index in [1.165, 1.54) is 5.56 Å². The standard InChI is InChI=1S/C14H13BN4/c15-9-10-5-7-11(8-6-10)12-3-1-2-4-13(12)14-16-18-19-17-14/h1-8H,9,15H2,(H,16,17,18,19). The highest BCUT2D eigenvalue weighted by atomic mass is 15.5. The van der Waals surface area contributed by atoms with Crippen LogP contribution in [0.4, 0.5) is 0 Å². The molecule has 19 heavy (non-hydrogen) atoms. The Morgan fingerprint density at radius 3 is 2.32 bits per heavy atom. The average Bonchev–Trinajstić information content (AvgIpc) is 3.01. The topological polar surface area (TPSA) is 54.5 Å². The quantitative estimate of drug-likeness (QED) is 0.717. The summed E-state index contributed by atoms with van der Waals surface area (Å²) in [5, 5.41) is 14.2. The van der Waals surface area contributed by atoms with Crippen molar-refractivity contribution in [2.24, 2.45) is 0 Å². The van der Waals surface area contributed by atoms with E-state index in [2.05, 4.69) is 58.8 Å². The van der Waals surface area contributed by atoms with Crippen molar-refractivity contribution in [1.29, 1.82) is 0 Å². The van der Waals surface area contributed by atoms with Crippen molar-refractivity contribution in [2.45, 2.75) is 6.32 Å². The molecule has 92 valence electrons. The summed E-state index contributed by atoms with van der Waals surface area (Å²) in [7, 11) is 2.16. The normalized spacial score (nSPS) is 10.5. The first kappa shape index (κ1) is 11.7. The predicted octanol–water partition coefficient (Wildman–Crippen LogP) is 1.67. The lowest BCUT2D eigenvalue weighted by Gasteiger charge is -2.07. The van der Waals surface area contributed by atoms with Gasteiger partial charge in [0.2, 0.25) is 5.82 Å². The van der Waals surface area contributed by atoms with E-state index in [1.807, 2.05) is 18.2 Å². The van der Waals surface area contributed by atoms with Gasteiger partial charge in [0, 0.05) is 5.56 Å². The van der Waals surface area contributed by atoms with Crippen LogP contribution in [0.1, 0.15) is 5.56 Å². The summed E-state index contributed by atoms with van der Waals surface area (Å²) in [5.74, 6) is 0.621. The van der Waals surface area contributed by atoms with Crippen LogP contribution < -0.4 is 0 Å². The Kier molecular flexibility index (Phi) is 3.10. The van der Waals surface area contributed by atoms with Gasteiger partial charge in [-0.3, -0.25) is 0 Å². The van der Waals surface area contributed by atoms with Crippen LogP contribution in [-0.2, 0) is 6.32 Å². The van der Waals surface area contributed by atoms with Gasteiger partial charge in [0.05, 0.1) is 0 Å². The van der Waals surface area contributed by atoms with Gasteiger partial charge in [-0.2, -0.15) is 5.21 Å². The molecule has 5 heteroatoms. The first-order valence-corrected chi connectivity index (χ1v) is 6.30. The van der Waals surface area contributed by atoms with Gasteiger partial charge >= 0.3 is 0 Å². The molecule has 4 nitrogen and oxygen atoms in total. The fraction of sp³-hybridized carbons (Fsp3) is 0.0714. The summed E-state index contributed by atoms with van der Waals surface area (Å²) in [4.78, 5) is 0. The lowest BCUT2D eigenvalue weighted by atomic mass is 9.93. The smallest absolute Gasteiger partial charge is 0.177 e. The zero-order chi connectivity index (χ0) is 13.1. The lowest BCUT2D eigenvalue weighted by molar-refractivity contribution is 0.881. The Balaban J connectivity index is 2.09. The second-order valence-corrected chi connectivity index (χ2v) is 4.33. The molecule has 0 unspecified atom stereocenters. The molecule has 0 bridgehead atoms. The zero-order valence-corrected chi connectivity index (χ0v) is 10.7. The third-order valence-corrected chi connectivity index (χ3v) is 3.19. The monoisotopic (exact) mass is 248 g/mol. The minimum atomic E-state index is 0.621. The van der Waals surface area contributed by atoms with Gasteiger partial charge in [0.1, 0.15) is 7.85 Å². The van der Waals surface area contributed by atoms with Gasteiger partial charge in [-0.05, 0) is 16.3 Å². The molecule has 1 aromatic heterocycles. The maximum absolute atomic E-state index is 4.06. The fourth-order valence-electron chi connectivity index (χ4n) is 2.13. The summed E-state index contributed by atoms with van der Waals surface area (Å²) in [6, 6.07) is 16.7. The van der Waals surface area contributed by atoms with E-state index < -0.39 is 0 Å². The molecule has 3 rings (SSSR count). The van der Waals surface area contributed by atoms with Crippen LogP contribution in [0.5, 0.6) is 0 Å². The number of hydrogen-bond donors (Lipinski definition) is 1. The highest BCUT2D eigenvalue weighted by Crippen LogP contribution is 2.29. The van der Waals surface area contributed by atoms with E-state index >= 15 is 0 Å². The Morgan fingerprint density at radius 2 is 1.68 bits per heavy atom. The summed E-state index contributed by atoms with van der Waals surface area (Å²) in [6.45, 7) is 0. The summed E-state index contributed by atoms with van der Waals surface area (Å²) in [6.07, 6.45) is 1.05. The van der Waals surface area contributed by atoms with Crippen molar-refractivity contribution >= 4 is 7.85 Å². The van der Waals surface area contributed by atoms with Gasteiger partial charge in [0.25, 0.3) is 0 Å². The van der Waals surface area contributed by atoms with Gasteiger partial charge < -0.3 is 0 Å². The van der Waals surface area contributed by atoms with Crippen LogP contribution in [0.3, 0.4) is 0 Å². The number of aromatic nitrogens is 4. The maximum atomic E-state index is 4.06. The number of nitrogens with one attached hydrogen (secondary N) is 1. The molecule has 0 aliphatic rings. The van der Waals surface area contributed by atoms with Gasteiger partial charge in [-0.25, -0.2) is 0 Å². The highest BCUT2D eigenvalue weighted by molar-refractivity contribution is 6.08. The number of aromatic amines is 1. The van der Waals surface area contributed by atoms with E-state index in [9.17, 15) is 0 Å². The van der Waals surface area contributed by atoms with Crippen LogP contribution >= 0.6 is 0 Å². The number of nitrogens with zero attached hydrogens (tertiary/aromatic N) is 3. The molecule has 1 heterocycles. The molecule has 0 saturated heterocycles. The summed E-state index contributed by atoms with van der Waals surface area (Å²) in [5.41, 5.74) is 4.60. The van der Waals surface area contributed by atoms with Gasteiger partial charge in [0.15, 0.2) is 0 Å². The highest BCUT2D eigenvalue weighted by Gasteiger charge is 2.09. The third kappa shape index (κ3) is 2.27. The van der Waals surface area contributed by atoms with Crippen LogP contribution in [-0.4, -0.2) is 28.5 Å². The molecule has 0 saturated carbocycles. The molecule has 1 N–H and O–H groups in total. The minimum absolute atomic E-state index is 0.621. The Labute approximate surface area is 112 Å². The Hall–Kier alpha value is -2.43. The van der Waals surface area contributed by atoms with Crippen molar-refractivity contribution in [3.05, 3.63) is 54.1 Å². The van der Waals surface area contributed by atoms with Crippen molar-refractivity contribution < 1.29 is 0 Å². The van der Waals surface area contributed by atoms with E-state index in [0.717, 1.165) is 23.0 Å². The van der Waals surface area contributed by atoms with Crippen molar-refractivity contribution in [2.75, 3.05) is 0 Å². The molecule has 0 atom stereocenters. The minimum Gasteiger partial charge on any atom is -0.177 e. The number of rotatable bonds is 3. The SMILES string of the molecule is BCc1ccc(-c2ccccc2-c2nn[nH]n2)cc1. The van der Waals surface area contributed by atoms with Crippen LogP contribution in [0.15, 0.2) is 48.5 Å². The first-order chi connectivity index (χ1) is 9.38. The first-order valence-electron chi connectivity index (χ1n) is 6.30. The molecule has 0 spiro atoms. The number of tetrazole rings is 1. The van der Waals surface area contributed by atoms with E-state index in [0.29, 0.717) is 5.82 Å². The largest absolute Gasteiger partial charge is 0.205 e. The molecule has 0 fully saturated rings.